The molecular weight excluding hydrogens is 238 g/mol. The number of nitrogens with zero attached hydrogens (tertiary/aromatic N) is 2. The van der Waals surface area contributed by atoms with Crippen LogP contribution in [0.3, 0.4) is 0 Å². The van der Waals surface area contributed by atoms with Gasteiger partial charge in [0.1, 0.15) is 0 Å². The maximum atomic E-state index is 12.5. The molecule has 1 saturated heterocycles. The summed E-state index contributed by atoms with van der Waals surface area (Å²) < 4.78 is 0. The molecule has 0 radical (unpaired) electrons. The molecule has 1 amide bonds. The molecule has 4 nitrogen and oxygen atoms in total. The quantitative estimate of drug-likeness (QED) is 0.899. The highest BCUT2D eigenvalue weighted by Crippen LogP contribution is 2.14. The molecule has 104 valence electrons. The number of piperidine rings is 1. The van der Waals surface area contributed by atoms with Gasteiger partial charge in [0.05, 0.1) is 5.56 Å². The van der Waals surface area contributed by atoms with Crippen LogP contribution in [0.15, 0.2) is 18.5 Å². The van der Waals surface area contributed by atoms with E-state index in [9.17, 15) is 4.79 Å². The van der Waals surface area contributed by atoms with Crippen molar-refractivity contribution in [1.29, 1.82) is 0 Å². The van der Waals surface area contributed by atoms with Crippen LogP contribution in [0.25, 0.3) is 0 Å². The first-order valence-corrected chi connectivity index (χ1v) is 7.12. The van der Waals surface area contributed by atoms with Crippen molar-refractivity contribution in [3.63, 3.8) is 0 Å². The zero-order valence-corrected chi connectivity index (χ0v) is 11.9. The molecule has 1 aromatic rings. The van der Waals surface area contributed by atoms with Crippen LogP contribution in [0.5, 0.6) is 0 Å². The van der Waals surface area contributed by atoms with Crippen molar-refractivity contribution in [2.24, 2.45) is 5.92 Å². The number of hydrogen-bond donors (Lipinski definition) is 1. The lowest BCUT2D eigenvalue weighted by molar-refractivity contribution is 0.0728. The van der Waals surface area contributed by atoms with Crippen molar-refractivity contribution in [3.8, 4) is 0 Å². The minimum absolute atomic E-state index is 0.101. The Hall–Kier alpha value is -1.42. The molecule has 2 heterocycles. The fourth-order valence-electron chi connectivity index (χ4n) is 2.60. The molecule has 0 aromatic carbocycles. The minimum Gasteiger partial charge on any atom is -0.339 e. The zero-order chi connectivity index (χ0) is 13.7. The number of nitrogens with one attached hydrogen (secondary N) is 1. The third-order valence-corrected chi connectivity index (χ3v) is 3.67. The van der Waals surface area contributed by atoms with Crippen LogP contribution in [0.4, 0.5) is 0 Å². The number of pyridine rings is 1. The van der Waals surface area contributed by atoms with Crippen LogP contribution >= 0.6 is 0 Å². The van der Waals surface area contributed by atoms with Gasteiger partial charge < -0.3 is 10.2 Å². The maximum Gasteiger partial charge on any atom is 0.255 e. The first kappa shape index (κ1) is 14.0. The molecule has 1 aromatic heterocycles. The Labute approximate surface area is 115 Å². The standard InChI is InChI=1S/C15H23N3O/c1-3-18(11-13-5-4-6-16-9-13)15(19)14-7-12(2)8-17-10-14/h7-8,10,13,16H,3-6,9,11H2,1-2H3. The Morgan fingerprint density at radius 3 is 3.00 bits per heavy atom. The molecule has 0 aliphatic carbocycles. The number of aryl methyl sites for hydroxylation is 1. The third kappa shape index (κ3) is 3.77. The van der Waals surface area contributed by atoms with E-state index >= 15 is 0 Å². The Bertz CT molecular complexity index is 427. The fourth-order valence-corrected chi connectivity index (χ4v) is 2.60. The molecule has 0 bridgehead atoms. The monoisotopic (exact) mass is 261 g/mol. The van der Waals surface area contributed by atoms with Crippen molar-refractivity contribution in [2.45, 2.75) is 26.7 Å². The number of amides is 1. The van der Waals surface area contributed by atoms with E-state index in [1.165, 1.54) is 12.8 Å². The van der Waals surface area contributed by atoms with E-state index in [0.717, 1.165) is 31.7 Å². The summed E-state index contributed by atoms with van der Waals surface area (Å²) in [5.41, 5.74) is 1.73. The van der Waals surface area contributed by atoms with Crippen molar-refractivity contribution in [3.05, 3.63) is 29.6 Å². The normalized spacial score (nSPS) is 19.2. The first-order valence-electron chi connectivity index (χ1n) is 7.12. The molecule has 19 heavy (non-hydrogen) atoms. The Morgan fingerprint density at radius 1 is 1.53 bits per heavy atom. The van der Waals surface area contributed by atoms with Crippen molar-refractivity contribution in [2.75, 3.05) is 26.2 Å². The summed E-state index contributed by atoms with van der Waals surface area (Å²) in [6, 6.07) is 1.91. The van der Waals surface area contributed by atoms with Crippen LogP contribution in [-0.2, 0) is 0 Å². The molecule has 1 unspecified atom stereocenters. The molecule has 0 saturated carbocycles. The van der Waals surface area contributed by atoms with E-state index in [0.29, 0.717) is 11.5 Å². The van der Waals surface area contributed by atoms with Crippen LogP contribution in [0, 0.1) is 12.8 Å². The second-order valence-electron chi connectivity index (χ2n) is 5.31. The lowest BCUT2D eigenvalue weighted by atomic mass is 9.99. The number of rotatable bonds is 4. The van der Waals surface area contributed by atoms with Gasteiger partial charge in [0.15, 0.2) is 0 Å². The smallest absolute Gasteiger partial charge is 0.255 e. The average molecular weight is 261 g/mol. The summed E-state index contributed by atoms with van der Waals surface area (Å²) in [5, 5.41) is 3.40. The van der Waals surface area contributed by atoms with Crippen LogP contribution in [-0.4, -0.2) is 42.0 Å². The summed E-state index contributed by atoms with van der Waals surface area (Å²) in [7, 11) is 0. The number of carbonyl (C=O) groups excluding carboxylic acids is 1. The van der Waals surface area contributed by atoms with Gasteiger partial charge in [-0.05, 0) is 57.3 Å². The second-order valence-corrected chi connectivity index (χ2v) is 5.31. The molecule has 1 N–H and O–H groups in total. The summed E-state index contributed by atoms with van der Waals surface area (Å²) in [6.45, 7) is 7.73. The van der Waals surface area contributed by atoms with Gasteiger partial charge in [0.2, 0.25) is 0 Å². The van der Waals surface area contributed by atoms with E-state index in [1.54, 1.807) is 12.4 Å². The lowest BCUT2D eigenvalue weighted by Gasteiger charge is -2.29. The molecule has 0 spiro atoms. The molecule has 4 heteroatoms. The van der Waals surface area contributed by atoms with Gasteiger partial charge in [0.25, 0.3) is 5.91 Å². The zero-order valence-electron chi connectivity index (χ0n) is 11.9. The average Bonchev–Trinajstić information content (AvgIpc) is 2.45. The van der Waals surface area contributed by atoms with Crippen molar-refractivity contribution < 1.29 is 4.79 Å². The molecular formula is C15H23N3O. The maximum absolute atomic E-state index is 12.5. The summed E-state index contributed by atoms with van der Waals surface area (Å²) in [4.78, 5) is 18.5. The highest BCUT2D eigenvalue weighted by molar-refractivity contribution is 5.94. The van der Waals surface area contributed by atoms with E-state index in [-0.39, 0.29) is 5.91 Å². The molecule has 1 atom stereocenters. The molecule has 1 aliphatic rings. The van der Waals surface area contributed by atoms with E-state index < -0.39 is 0 Å². The van der Waals surface area contributed by atoms with E-state index in [1.807, 2.05) is 24.8 Å². The fraction of sp³-hybridized carbons (Fsp3) is 0.600. The predicted molar refractivity (Wildman–Crippen MR) is 76.1 cm³/mol. The van der Waals surface area contributed by atoms with Crippen LogP contribution in [0.2, 0.25) is 0 Å². The Balaban J connectivity index is 2.02. The highest BCUT2D eigenvalue weighted by Gasteiger charge is 2.20. The van der Waals surface area contributed by atoms with Gasteiger partial charge in [0, 0.05) is 25.5 Å². The SMILES string of the molecule is CCN(CC1CCCNC1)C(=O)c1cncc(C)c1. The van der Waals surface area contributed by atoms with Gasteiger partial charge in [-0.1, -0.05) is 0 Å². The van der Waals surface area contributed by atoms with Gasteiger partial charge in [-0.25, -0.2) is 0 Å². The van der Waals surface area contributed by atoms with Crippen molar-refractivity contribution in [1.82, 2.24) is 15.2 Å². The van der Waals surface area contributed by atoms with Crippen molar-refractivity contribution >= 4 is 5.91 Å². The van der Waals surface area contributed by atoms with E-state index in [4.69, 9.17) is 0 Å². The highest BCUT2D eigenvalue weighted by atomic mass is 16.2. The van der Waals surface area contributed by atoms with Gasteiger partial charge in [-0.15, -0.1) is 0 Å². The van der Waals surface area contributed by atoms with Gasteiger partial charge in [-0.3, -0.25) is 9.78 Å². The summed E-state index contributed by atoms with van der Waals surface area (Å²) >= 11 is 0. The lowest BCUT2D eigenvalue weighted by Crippen LogP contribution is -2.41. The van der Waals surface area contributed by atoms with E-state index in [2.05, 4.69) is 10.3 Å². The molecule has 1 aliphatic heterocycles. The molecule has 2 rings (SSSR count). The molecule has 1 fully saturated rings. The summed E-state index contributed by atoms with van der Waals surface area (Å²) in [6.07, 6.45) is 5.86. The minimum atomic E-state index is 0.101. The topological polar surface area (TPSA) is 45.2 Å². The summed E-state index contributed by atoms with van der Waals surface area (Å²) in [5.74, 6) is 0.680. The van der Waals surface area contributed by atoms with Crippen LogP contribution < -0.4 is 5.32 Å². The number of carbonyl (C=O) groups is 1. The number of hydrogen-bond acceptors (Lipinski definition) is 3. The van der Waals surface area contributed by atoms with Gasteiger partial charge in [-0.2, -0.15) is 0 Å². The predicted octanol–water partition coefficient (Wildman–Crippen LogP) is 1.85. The van der Waals surface area contributed by atoms with Gasteiger partial charge >= 0.3 is 0 Å². The van der Waals surface area contributed by atoms with Crippen LogP contribution in [0.1, 0.15) is 35.7 Å². The third-order valence-electron chi connectivity index (χ3n) is 3.67. The number of aromatic nitrogens is 1. The largest absolute Gasteiger partial charge is 0.339 e. The Morgan fingerprint density at radius 2 is 2.37 bits per heavy atom. The first-order chi connectivity index (χ1) is 9.20. The second kappa shape index (κ2) is 6.66. The Kier molecular flexibility index (Phi) is 4.91.